The van der Waals surface area contributed by atoms with Crippen LogP contribution in [-0.2, 0) is 40.7 Å². The molecule has 0 saturated heterocycles. The number of rotatable bonds is 6. The Labute approximate surface area is 216 Å². The summed E-state index contributed by atoms with van der Waals surface area (Å²) in [6.07, 6.45) is 0. The van der Waals surface area contributed by atoms with Crippen LogP contribution in [0.5, 0.6) is 0 Å². The van der Waals surface area contributed by atoms with E-state index in [1.54, 1.807) is 0 Å². The first kappa shape index (κ1) is 43.5. The van der Waals surface area contributed by atoms with Crippen molar-refractivity contribution >= 4 is 30.4 Å². The molecule has 27 heteroatoms. The molecule has 0 fully saturated rings. The van der Waals surface area contributed by atoms with Crippen molar-refractivity contribution in [1.29, 1.82) is 0 Å². The molecule has 0 amide bonds. The first-order valence-corrected chi connectivity index (χ1v) is 22.4. The number of hydrogen-bond acceptors (Lipinski definition) is 20. The molecule has 0 aliphatic heterocycles. The van der Waals surface area contributed by atoms with E-state index in [0.717, 1.165) is 0 Å². The Morgan fingerprint density at radius 3 is 0.742 bits per heavy atom. The Bertz CT molecular complexity index is 702. The van der Waals surface area contributed by atoms with E-state index in [1.165, 1.54) is 0 Å². The molecule has 0 aromatic rings. The first-order valence-electron chi connectivity index (χ1n) is 5.78. The van der Waals surface area contributed by atoms with E-state index in [9.17, 15) is 47.6 Å². The normalized spacial score (nSPS) is 15.5. The second-order valence-corrected chi connectivity index (χ2v) is 13.4. The zero-order valence-electron chi connectivity index (χ0n) is 14.7. The van der Waals surface area contributed by atoms with Crippen molar-refractivity contribution in [3.8, 4) is 0 Å². The van der Waals surface area contributed by atoms with Gasteiger partial charge in [0.25, 0.3) is 0 Å². The molecule has 0 aliphatic carbocycles. The Kier molecular flexibility index (Phi) is 32.2. The zero-order chi connectivity index (χ0) is 26.7. The Hall–Kier alpha value is 2.48. The molecule has 0 heterocycles. The van der Waals surface area contributed by atoms with Crippen molar-refractivity contribution in [3.05, 3.63) is 0 Å². The predicted molar refractivity (Wildman–Crippen MR) is 60.6 cm³/mol. The molecule has 31 heavy (non-hydrogen) atoms. The van der Waals surface area contributed by atoms with Gasteiger partial charge < -0.3 is 66.9 Å². The standard InChI is InChI=1S/2C2H8O7P2.6O.3U/c2*1-9-11(7,8)2(3)10(4,5)6;;;;;;;;;/h2*2-3H,1H3,(H,7,8)(H2,4,5,6);;;;;;;;;/q;;;;;;;;3*+2/p-6. The van der Waals surface area contributed by atoms with Crippen LogP contribution in [0.25, 0.3) is 0 Å². The van der Waals surface area contributed by atoms with Gasteiger partial charge >= 0.3 is 96.9 Å². The van der Waals surface area contributed by atoms with E-state index in [-0.39, 0.29) is 0 Å². The Morgan fingerprint density at radius 1 is 0.581 bits per heavy atom. The van der Waals surface area contributed by atoms with Crippen LogP contribution in [0.3, 0.4) is 0 Å². The Balaban J connectivity index is -0.000000105. The number of aliphatic hydroxyl groups excluding tert-OH is 2. The molecule has 0 aliphatic rings. The molecule has 0 aromatic carbocycles. The Morgan fingerprint density at radius 2 is 0.710 bits per heavy atom. The summed E-state index contributed by atoms with van der Waals surface area (Å²) in [5.74, 6) is 0. The maximum atomic E-state index is 10.3. The third-order valence-corrected chi connectivity index (χ3v) is 8.32. The molecule has 0 rings (SSSR count). The topological polar surface area (TPSA) is 368 Å². The van der Waals surface area contributed by atoms with Crippen molar-refractivity contribution in [3.63, 3.8) is 0 Å². The van der Waals surface area contributed by atoms with Crippen LogP contribution in [0.15, 0.2) is 0 Å². The van der Waals surface area contributed by atoms with Gasteiger partial charge in [-0.05, 0) is 15.2 Å². The summed E-state index contributed by atoms with van der Waals surface area (Å²) >= 11 is -7.52. The average molecular weight is 1220 g/mol. The van der Waals surface area contributed by atoms with Crippen LogP contribution in [0, 0.1) is 83.5 Å². The molecule has 2 N–H and O–H groups in total. The summed E-state index contributed by atoms with van der Waals surface area (Å²) in [6.45, 7) is 0. The van der Waals surface area contributed by atoms with Gasteiger partial charge in [-0.2, -0.15) is 0 Å². The molecule has 4 unspecified atom stereocenters. The summed E-state index contributed by atoms with van der Waals surface area (Å²) < 4.78 is 99.2. The van der Waals surface area contributed by atoms with E-state index in [1.807, 2.05) is 0 Å². The molecule has 0 radical (unpaired) electrons. The molecule has 4 atom stereocenters. The summed E-state index contributed by atoms with van der Waals surface area (Å²) in [7, 11) is -19.7. The summed E-state index contributed by atoms with van der Waals surface area (Å²) in [6, 6.07) is 0. The fraction of sp³-hybridized carbons (Fsp3) is 1.00. The van der Waals surface area contributed by atoms with Crippen molar-refractivity contribution < 1.29 is 164 Å². The van der Waals surface area contributed by atoms with Crippen LogP contribution >= 0.6 is 30.4 Å². The van der Waals surface area contributed by atoms with Crippen LogP contribution in [0.4, 0.5) is 0 Å². The fourth-order valence-corrected chi connectivity index (χ4v) is 4.25. The third-order valence-electron chi connectivity index (χ3n) is 1.64. The van der Waals surface area contributed by atoms with E-state index >= 15 is 0 Å². The third kappa shape index (κ3) is 28.6. The van der Waals surface area contributed by atoms with Crippen molar-refractivity contribution in [2.24, 2.45) is 0 Å². The van der Waals surface area contributed by atoms with Crippen LogP contribution in [0.2, 0.25) is 0 Å². The monoisotopic (exact) mass is 1220 g/mol. The second-order valence-electron chi connectivity index (χ2n) is 3.47. The second kappa shape index (κ2) is 22.9. The SMILES string of the molecule is COP(=O)([O-])C(O)P(=O)([O-])[O-].COP(=O)([O-])C(O)P(=O)([O-])[O-].[O]=[U+2]=[O].[O]=[U+2]=[O].[O]=[U+2]=[O]. The average Bonchev–Trinajstić information content (AvgIpc) is 2.61. The molecular weight excluding hydrogens is 1210 g/mol. The molecule has 0 saturated carbocycles. The minimum absolute atomic E-state index is 0.645. The minimum atomic E-state index is -5.54. The van der Waals surface area contributed by atoms with Crippen molar-refractivity contribution in [2.45, 2.75) is 11.2 Å². The van der Waals surface area contributed by atoms with Gasteiger partial charge in [0.1, 0.15) is 11.2 Å². The molecule has 0 bridgehead atoms. The molecular formula is C4H10O20P4U3. The summed E-state index contributed by atoms with van der Waals surface area (Å²) in [5.41, 5.74) is -6.00. The number of hydrogen-bond donors (Lipinski definition) is 2. The van der Waals surface area contributed by atoms with E-state index in [4.69, 9.17) is 23.6 Å². The predicted octanol–water partition coefficient (Wildman–Crippen LogP) is -5.96. The van der Waals surface area contributed by atoms with Crippen molar-refractivity contribution in [1.82, 2.24) is 0 Å². The van der Waals surface area contributed by atoms with E-state index < -0.39 is 125 Å². The molecule has 178 valence electrons. The summed E-state index contributed by atoms with van der Waals surface area (Å²) in [5, 5.41) is 16.6. The van der Waals surface area contributed by atoms with Gasteiger partial charge in [-0.1, -0.05) is 0 Å². The first-order chi connectivity index (χ1) is 13.7. The van der Waals surface area contributed by atoms with Gasteiger partial charge in [0.2, 0.25) is 0 Å². The van der Waals surface area contributed by atoms with Gasteiger partial charge in [-0.3, -0.25) is 0 Å². The molecule has 0 spiro atoms. The van der Waals surface area contributed by atoms with Gasteiger partial charge in [0.15, 0.2) is 15.2 Å². The van der Waals surface area contributed by atoms with Crippen LogP contribution < -0.4 is 29.4 Å². The van der Waals surface area contributed by atoms with Crippen LogP contribution in [-0.4, -0.2) is 35.6 Å². The summed E-state index contributed by atoms with van der Waals surface area (Å²) in [4.78, 5) is 60.3. The van der Waals surface area contributed by atoms with Crippen LogP contribution in [0.1, 0.15) is 0 Å². The van der Waals surface area contributed by atoms with Gasteiger partial charge in [-0.25, -0.2) is 0 Å². The molecule has 20 nitrogen and oxygen atoms in total. The quantitative estimate of drug-likeness (QED) is 0.234. The van der Waals surface area contributed by atoms with E-state index in [2.05, 4.69) is 9.05 Å². The van der Waals surface area contributed by atoms with Gasteiger partial charge in [0.05, 0.1) is 0 Å². The zero-order valence-corrected chi connectivity index (χ0v) is 30.8. The maximum absolute atomic E-state index is 10.3. The fourth-order valence-electron chi connectivity index (χ4n) is 0.535. The van der Waals surface area contributed by atoms with Gasteiger partial charge in [0, 0.05) is 14.2 Å². The van der Waals surface area contributed by atoms with Gasteiger partial charge in [-0.15, -0.1) is 0 Å². The molecule has 0 aromatic heterocycles. The van der Waals surface area contributed by atoms with Crippen molar-refractivity contribution in [2.75, 3.05) is 14.2 Å². The van der Waals surface area contributed by atoms with E-state index in [0.29, 0.717) is 14.2 Å². The number of aliphatic hydroxyl groups is 2.